The van der Waals surface area contributed by atoms with Gasteiger partial charge < -0.3 is 18.0 Å². The third-order valence-corrected chi connectivity index (χ3v) is 7.38. The van der Waals surface area contributed by atoms with Crippen LogP contribution in [0.1, 0.15) is 0 Å². The number of azide groups is 1. The van der Waals surface area contributed by atoms with Gasteiger partial charge in [-0.25, -0.2) is 0 Å². The van der Waals surface area contributed by atoms with Crippen LogP contribution in [0.15, 0.2) is 5.11 Å². The summed E-state index contributed by atoms with van der Waals surface area (Å²) in [6.07, 6.45) is -1.51. The molecule has 7 nitrogen and oxygen atoms in total. The van der Waals surface area contributed by atoms with Crippen molar-refractivity contribution in [2.75, 3.05) is 6.61 Å². The van der Waals surface area contributed by atoms with E-state index in [0.717, 1.165) is 0 Å². The summed E-state index contributed by atoms with van der Waals surface area (Å²) in [5.74, 6) is 0. The Balaban J connectivity index is 3.20. The number of halogens is 1. The van der Waals surface area contributed by atoms with E-state index in [4.69, 9.17) is 23.5 Å². The first-order valence-electron chi connectivity index (χ1n) is 8.96. The molecule has 0 aliphatic carbocycles. The molecule has 0 N–H and O–H groups in total. The molecule has 0 aromatic carbocycles. The fourth-order valence-electron chi connectivity index (χ4n) is 2.59. The van der Waals surface area contributed by atoms with Crippen LogP contribution >= 0.6 is 15.9 Å². The highest BCUT2D eigenvalue weighted by atomic mass is 79.9. The van der Waals surface area contributed by atoms with Gasteiger partial charge in [0.15, 0.2) is 31.2 Å². The zero-order valence-corrected chi connectivity index (χ0v) is 22.0. The van der Waals surface area contributed by atoms with E-state index in [0.29, 0.717) is 6.61 Å². The largest absolute Gasteiger partial charge is 0.415 e. The monoisotopic (exact) mass is 483 g/mol. The first-order valence-corrected chi connectivity index (χ1v) is 20.1. The van der Waals surface area contributed by atoms with Crippen molar-refractivity contribution in [3.8, 4) is 0 Å². The van der Waals surface area contributed by atoms with Crippen molar-refractivity contribution in [1.29, 1.82) is 0 Å². The van der Waals surface area contributed by atoms with Crippen LogP contribution in [0.5, 0.6) is 0 Å². The summed E-state index contributed by atoms with van der Waals surface area (Å²) in [5, 5.41) is 3.83. The number of rotatable bonds is 8. The number of nitrogens with zero attached hydrogens (tertiary/aromatic N) is 3. The molecule has 1 aliphatic rings. The summed E-state index contributed by atoms with van der Waals surface area (Å²) < 4.78 is 25.2. The van der Waals surface area contributed by atoms with Crippen LogP contribution in [0.3, 0.4) is 0 Å². The van der Waals surface area contributed by atoms with Crippen LogP contribution in [0.2, 0.25) is 58.9 Å². The summed E-state index contributed by atoms with van der Waals surface area (Å²) in [5.41, 5.74) is 8.93. The lowest BCUT2D eigenvalue weighted by Crippen LogP contribution is -2.62. The van der Waals surface area contributed by atoms with E-state index >= 15 is 0 Å². The standard InChI is InChI=1S/C15H34BrN3O4Si3/c1-24(2,3)20-10-11-13(22-25(4,5)6)14(23-26(7,8)9)12(16)15(21-11)18-19-17/h11-15H,10H2,1-9H3/t11-,12-,13+,14-,15+/m1/s1. The minimum atomic E-state index is -1.86. The summed E-state index contributed by atoms with van der Waals surface area (Å²) in [6.45, 7) is 19.7. The Morgan fingerprint density at radius 3 is 1.85 bits per heavy atom. The van der Waals surface area contributed by atoms with Crippen molar-refractivity contribution in [2.24, 2.45) is 5.11 Å². The van der Waals surface area contributed by atoms with Gasteiger partial charge in [0.2, 0.25) is 0 Å². The molecule has 0 amide bonds. The molecule has 26 heavy (non-hydrogen) atoms. The second-order valence-corrected chi connectivity index (χ2v) is 24.0. The van der Waals surface area contributed by atoms with Crippen LogP contribution in [-0.4, -0.2) is 60.9 Å². The molecule has 1 fully saturated rings. The SMILES string of the molecule is C[Si](C)(C)OC[C@H]1O[C@H](N=[N+]=[N-])[C@H](Br)[C@@H](O[Si](C)(C)C)[C@H]1O[Si](C)(C)C. The molecular weight excluding hydrogens is 450 g/mol. The maximum absolute atomic E-state index is 8.93. The van der Waals surface area contributed by atoms with Gasteiger partial charge in [-0.05, 0) is 64.5 Å². The van der Waals surface area contributed by atoms with Crippen molar-refractivity contribution in [1.82, 2.24) is 0 Å². The molecule has 0 spiro atoms. The fourth-order valence-corrected chi connectivity index (χ4v) is 6.29. The minimum absolute atomic E-state index is 0.257. The molecule has 1 aliphatic heterocycles. The molecule has 1 heterocycles. The molecular formula is C15H34BrN3O4Si3. The summed E-state index contributed by atoms with van der Waals surface area (Å²) in [6, 6.07) is 0. The van der Waals surface area contributed by atoms with E-state index in [1.807, 2.05) is 0 Å². The number of hydrogen-bond donors (Lipinski definition) is 0. The van der Waals surface area contributed by atoms with Crippen molar-refractivity contribution in [3.63, 3.8) is 0 Å². The van der Waals surface area contributed by atoms with Crippen molar-refractivity contribution >= 4 is 40.9 Å². The lowest BCUT2D eigenvalue weighted by atomic mass is 10.0. The second-order valence-electron chi connectivity index (χ2n) is 9.53. The third-order valence-electron chi connectivity index (χ3n) is 3.42. The Morgan fingerprint density at radius 2 is 1.42 bits per heavy atom. The second kappa shape index (κ2) is 9.19. The van der Waals surface area contributed by atoms with E-state index in [9.17, 15) is 0 Å². The normalized spacial score (nSPS) is 30.8. The average molecular weight is 485 g/mol. The molecule has 11 heteroatoms. The third kappa shape index (κ3) is 8.53. The van der Waals surface area contributed by atoms with E-state index in [1.54, 1.807) is 0 Å². The fraction of sp³-hybridized carbons (Fsp3) is 1.00. The molecule has 0 radical (unpaired) electrons. The van der Waals surface area contributed by atoms with Gasteiger partial charge in [0.05, 0.1) is 23.6 Å². The minimum Gasteiger partial charge on any atom is -0.415 e. The van der Waals surface area contributed by atoms with Gasteiger partial charge in [-0.2, -0.15) is 0 Å². The highest BCUT2D eigenvalue weighted by Gasteiger charge is 2.48. The molecule has 152 valence electrons. The van der Waals surface area contributed by atoms with Crippen molar-refractivity contribution < 1.29 is 18.0 Å². The number of ether oxygens (including phenoxy) is 1. The van der Waals surface area contributed by atoms with Crippen LogP contribution in [0, 0.1) is 0 Å². The van der Waals surface area contributed by atoms with Gasteiger partial charge in [0.25, 0.3) is 0 Å². The molecule has 0 unspecified atom stereocenters. The molecule has 0 aromatic rings. The number of hydrogen-bond acceptors (Lipinski definition) is 5. The zero-order chi connectivity index (χ0) is 20.3. The van der Waals surface area contributed by atoms with Crippen LogP contribution < -0.4 is 0 Å². The van der Waals surface area contributed by atoms with Gasteiger partial charge in [-0.15, -0.1) is 0 Å². The first-order chi connectivity index (χ1) is 11.6. The van der Waals surface area contributed by atoms with E-state index < -0.39 is 31.2 Å². The predicted octanol–water partition coefficient (Wildman–Crippen LogP) is 5.08. The van der Waals surface area contributed by atoms with Crippen molar-refractivity contribution in [3.05, 3.63) is 10.4 Å². The maximum atomic E-state index is 8.93. The Kier molecular flexibility index (Phi) is 8.59. The van der Waals surface area contributed by atoms with Gasteiger partial charge in [-0.3, -0.25) is 0 Å². The van der Waals surface area contributed by atoms with Crippen molar-refractivity contribution in [2.45, 2.75) is 88.3 Å². The van der Waals surface area contributed by atoms with Crippen LogP contribution in [0.4, 0.5) is 0 Å². The Morgan fingerprint density at radius 1 is 0.923 bits per heavy atom. The van der Waals surface area contributed by atoms with E-state index in [1.165, 1.54) is 0 Å². The van der Waals surface area contributed by atoms with E-state index in [-0.39, 0.29) is 23.1 Å². The number of alkyl halides is 1. The first kappa shape index (κ1) is 24.3. The maximum Gasteiger partial charge on any atom is 0.184 e. The quantitative estimate of drug-likeness (QED) is 0.158. The molecule has 0 bridgehead atoms. The Bertz CT molecular complexity index is 516. The zero-order valence-electron chi connectivity index (χ0n) is 17.4. The van der Waals surface area contributed by atoms with Crippen LogP contribution in [-0.2, 0) is 18.0 Å². The molecule has 0 aromatic heterocycles. The van der Waals surface area contributed by atoms with Crippen LogP contribution in [0.25, 0.3) is 10.4 Å². The molecule has 0 saturated carbocycles. The molecule has 5 atom stereocenters. The van der Waals surface area contributed by atoms with Gasteiger partial charge in [-0.1, -0.05) is 21.0 Å². The highest BCUT2D eigenvalue weighted by molar-refractivity contribution is 9.09. The highest BCUT2D eigenvalue weighted by Crippen LogP contribution is 2.35. The Hall–Kier alpha value is 0.281. The van der Waals surface area contributed by atoms with Gasteiger partial charge in [0.1, 0.15) is 6.10 Å². The smallest absolute Gasteiger partial charge is 0.184 e. The Labute approximate surface area is 169 Å². The topological polar surface area (TPSA) is 85.7 Å². The lowest BCUT2D eigenvalue weighted by molar-refractivity contribution is -0.159. The summed E-state index contributed by atoms with van der Waals surface area (Å²) in [4.78, 5) is 2.68. The van der Waals surface area contributed by atoms with Gasteiger partial charge >= 0.3 is 0 Å². The lowest BCUT2D eigenvalue weighted by Gasteiger charge is -2.47. The predicted molar refractivity (Wildman–Crippen MR) is 116 cm³/mol. The van der Waals surface area contributed by atoms with E-state index in [2.05, 4.69) is 84.9 Å². The summed E-state index contributed by atoms with van der Waals surface area (Å²) >= 11 is 3.65. The molecule has 1 saturated heterocycles. The molecule has 1 rings (SSSR count). The summed E-state index contributed by atoms with van der Waals surface area (Å²) in [7, 11) is -5.45. The van der Waals surface area contributed by atoms with Gasteiger partial charge in [0, 0.05) is 4.91 Å². The average Bonchev–Trinajstić information content (AvgIpc) is 2.41.